The van der Waals surface area contributed by atoms with Crippen molar-refractivity contribution in [1.82, 2.24) is 15.1 Å². The molecule has 1 aromatic heterocycles. The predicted octanol–water partition coefficient (Wildman–Crippen LogP) is 1.13. The van der Waals surface area contributed by atoms with Gasteiger partial charge >= 0.3 is 0 Å². The molecule has 0 aliphatic carbocycles. The first-order chi connectivity index (χ1) is 8.19. The summed E-state index contributed by atoms with van der Waals surface area (Å²) < 4.78 is 5.60. The topological polar surface area (TPSA) is 31.7 Å². The van der Waals surface area contributed by atoms with Gasteiger partial charge in [0.2, 0.25) is 0 Å². The number of hydrogen-bond donors (Lipinski definition) is 1. The predicted molar refractivity (Wildman–Crippen MR) is 68.8 cm³/mol. The van der Waals surface area contributed by atoms with Crippen LogP contribution in [-0.4, -0.2) is 49.6 Å². The van der Waals surface area contributed by atoms with Crippen molar-refractivity contribution in [2.45, 2.75) is 26.1 Å². The third kappa shape index (κ3) is 3.31. The van der Waals surface area contributed by atoms with Gasteiger partial charge in [0.05, 0.1) is 12.8 Å². The quantitative estimate of drug-likeness (QED) is 0.851. The van der Waals surface area contributed by atoms with Crippen molar-refractivity contribution in [3.8, 4) is 0 Å². The molecule has 4 heteroatoms. The second-order valence-corrected chi connectivity index (χ2v) is 5.03. The zero-order valence-electron chi connectivity index (χ0n) is 11.1. The molecule has 1 aromatic rings. The van der Waals surface area contributed by atoms with Gasteiger partial charge in [0.25, 0.3) is 0 Å². The molecule has 0 amide bonds. The summed E-state index contributed by atoms with van der Waals surface area (Å²) in [6.07, 6.45) is 1.85. The molecule has 1 aliphatic rings. The minimum Gasteiger partial charge on any atom is -0.468 e. The fourth-order valence-electron chi connectivity index (χ4n) is 2.42. The highest BCUT2D eigenvalue weighted by Crippen LogP contribution is 2.15. The summed E-state index contributed by atoms with van der Waals surface area (Å²) in [6, 6.07) is 2.76. The average molecular weight is 237 g/mol. The van der Waals surface area contributed by atoms with Crippen LogP contribution in [0.3, 0.4) is 0 Å². The molecule has 1 saturated heterocycles. The molecule has 1 atom stereocenters. The van der Waals surface area contributed by atoms with Gasteiger partial charge in [0.1, 0.15) is 5.76 Å². The van der Waals surface area contributed by atoms with Crippen molar-refractivity contribution in [2.24, 2.45) is 0 Å². The fourth-order valence-corrected chi connectivity index (χ4v) is 2.42. The Hall–Kier alpha value is -0.840. The molecule has 0 aromatic carbocycles. The minimum atomic E-state index is 0.603. The van der Waals surface area contributed by atoms with Gasteiger partial charge in [-0.1, -0.05) is 0 Å². The number of furan rings is 1. The molecular weight excluding hydrogens is 214 g/mol. The van der Waals surface area contributed by atoms with E-state index in [9.17, 15) is 0 Å². The van der Waals surface area contributed by atoms with Gasteiger partial charge in [-0.2, -0.15) is 0 Å². The van der Waals surface area contributed by atoms with E-state index >= 15 is 0 Å². The summed E-state index contributed by atoms with van der Waals surface area (Å²) in [5, 5.41) is 3.14. The van der Waals surface area contributed by atoms with Crippen LogP contribution in [0.1, 0.15) is 18.2 Å². The van der Waals surface area contributed by atoms with Crippen molar-refractivity contribution in [1.29, 1.82) is 0 Å². The van der Waals surface area contributed by atoms with Gasteiger partial charge in [-0.15, -0.1) is 0 Å². The van der Waals surface area contributed by atoms with Gasteiger partial charge in [0, 0.05) is 37.8 Å². The molecule has 1 N–H and O–H groups in total. The molecule has 1 aliphatic heterocycles. The Morgan fingerprint density at radius 1 is 1.47 bits per heavy atom. The van der Waals surface area contributed by atoms with Gasteiger partial charge in [-0.25, -0.2) is 0 Å². The Labute approximate surface area is 104 Å². The maximum absolute atomic E-state index is 5.60. The van der Waals surface area contributed by atoms with Crippen molar-refractivity contribution in [3.63, 3.8) is 0 Å². The Morgan fingerprint density at radius 3 is 3.00 bits per heavy atom. The molecule has 96 valence electrons. The van der Waals surface area contributed by atoms with Crippen molar-refractivity contribution >= 4 is 0 Å². The summed E-state index contributed by atoms with van der Waals surface area (Å²) in [5.74, 6) is 1.08. The lowest BCUT2D eigenvalue weighted by Crippen LogP contribution is -2.49. The van der Waals surface area contributed by atoms with Gasteiger partial charge < -0.3 is 14.6 Å². The van der Waals surface area contributed by atoms with Crippen LogP contribution in [0.4, 0.5) is 0 Å². The van der Waals surface area contributed by atoms with E-state index in [1.54, 1.807) is 0 Å². The van der Waals surface area contributed by atoms with E-state index in [4.69, 9.17) is 4.42 Å². The lowest BCUT2D eigenvalue weighted by atomic mass is 10.2. The first kappa shape index (κ1) is 12.6. The van der Waals surface area contributed by atoms with Gasteiger partial charge in [0.15, 0.2) is 0 Å². The Balaban J connectivity index is 1.91. The standard InChI is InChI=1S/C13H23N3O/c1-11-8-15(3)4-5-16(11)9-13-6-12(7-14-2)10-17-13/h6,10-11,14H,4-5,7-9H2,1-3H3. The maximum Gasteiger partial charge on any atom is 0.118 e. The van der Waals surface area contributed by atoms with Crippen LogP contribution in [0.15, 0.2) is 16.7 Å². The number of piperazine rings is 1. The van der Waals surface area contributed by atoms with Crippen LogP contribution >= 0.6 is 0 Å². The zero-order chi connectivity index (χ0) is 12.3. The molecule has 17 heavy (non-hydrogen) atoms. The van der Waals surface area contributed by atoms with E-state index in [1.807, 2.05) is 13.3 Å². The monoisotopic (exact) mass is 237 g/mol. The van der Waals surface area contributed by atoms with Crippen LogP contribution in [0, 0.1) is 0 Å². The van der Waals surface area contributed by atoms with E-state index in [-0.39, 0.29) is 0 Å². The Bertz CT molecular complexity index is 350. The second-order valence-electron chi connectivity index (χ2n) is 5.03. The summed E-state index contributed by atoms with van der Waals surface area (Å²) in [5.41, 5.74) is 1.23. The summed E-state index contributed by atoms with van der Waals surface area (Å²) in [4.78, 5) is 4.87. The van der Waals surface area contributed by atoms with Gasteiger partial charge in [-0.05, 0) is 27.1 Å². The Kier molecular flexibility index (Phi) is 4.20. The second kappa shape index (κ2) is 5.67. The van der Waals surface area contributed by atoms with E-state index in [0.717, 1.165) is 38.5 Å². The number of rotatable bonds is 4. The van der Waals surface area contributed by atoms with E-state index in [1.165, 1.54) is 5.56 Å². The molecule has 0 saturated carbocycles. The summed E-state index contributed by atoms with van der Waals surface area (Å²) in [7, 11) is 4.14. The molecule has 4 nitrogen and oxygen atoms in total. The first-order valence-corrected chi connectivity index (χ1v) is 6.32. The smallest absolute Gasteiger partial charge is 0.118 e. The van der Waals surface area contributed by atoms with Crippen molar-refractivity contribution in [3.05, 3.63) is 23.7 Å². The summed E-state index contributed by atoms with van der Waals surface area (Å²) in [6.45, 7) is 7.51. The molecule has 0 bridgehead atoms. The third-order valence-corrected chi connectivity index (χ3v) is 3.42. The van der Waals surface area contributed by atoms with Crippen molar-refractivity contribution < 1.29 is 4.42 Å². The van der Waals surface area contributed by atoms with Crippen LogP contribution in [-0.2, 0) is 13.1 Å². The lowest BCUT2D eigenvalue weighted by Gasteiger charge is -2.37. The molecule has 0 spiro atoms. The average Bonchev–Trinajstić information content (AvgIpc) is 2.71. The van der Waals surface area contributed by atoms with E-state index in [0.29, 0.717) is 6.04 Å². The van der Waals surface area contributed by atoms with Crippen LogP contribution in [0.5, 0.6) is 0 Å². The molecule has 2 rings (SSSR count). The highest BCUT2D eigenvalue weighted by atomic mass is 16.3. The molecule has 1 unspecified atom stereocenters. The van der Waals surface area contributed by atoms with Crippen LogP contribution in [0.25, 0.3) is 0 Å². The van der Waals surface area contributed by atoms with E-state index < -0.39 is 0 Å². The van der Waals surface area contributed by atoms with E-state index in [2.05, 4.69) is 35.2 Å². The highest BCUT2D eigenvalue weighted by molar-refractivity contribution is 5.12. The maximum atomic E-state index is 5.60. The number of likely N-dealkylation sites (N-methyl/N-ethyl adjacent to an activating group) is 1. The number of nitrogens with one attached hydrogen (secondary N) is 1. The summed E-state index contributed by atoms with van der Waals surface area (Å²) >= 11 is 0. The van der Waals surface area contributed by atoms with Crippen LogP contribution in [0.2, 0.25) is 0 Å². The lowest BCUT2D eigenvalue weighted by molar-refractivity contribution is 0.0875. The zero-order valence-corrected chi connectivity index (χ0v) is 11.1. The third-order valence-electron chi connectivity index (χ3n) is 3.42. The fraction of sp³-hybridized carbons (Fsp3) is 0.692. The van der Waals surface area contributed by atoms with Crippen molar-refractivity contribution in [2.75, 3.05) is 33.7 Å². The molecule has 0 radical (unpaired) electrons. The highest BCUT2D eigenvalue weighted by Gasteiger charge is 2.22. The number of nitrogens with zero attached hydrogens (tertiary/aromatic N) is 2. The minimum absolute atomic E-state index is 0.603. The van der Waals surface area contributed by atoms with Gasteiger partial charge in [-0.3, -0.25) is 4.90 Å². The molecule has 1 fully saturated rings. The largest absolute Gasteiger partial charge is 0.468 e. The first-order valence-electron chi connectivity index (χ1n) is 6.32. The Morgan fingerprint density at radius 2 is 2.29 bits per heavy atom. The molecule has 2 heterocycles. The SMILES string of the molecule is CNCc1coc(CN2CCN(C)CC2C)c1. The number of hydrogen-bond acceptors (Lipinski definition) is 4. The normalized spacial score (nSPS) is 23.1. The molecular formula is C13H23N3O. The van der Waals surface area contributed by atoms with Crippen LogP contribution < -0.4 is 5.32 Å².